The average Bonchev–Trinajstić information content (AvgIpc) is 3.25. The molecule has 0 amide bonds. The number of hydrogen-bond acceptors (Lipinski definition) is 5. The molecule has 0 unspecified atom stereocenters. The van der Waals surface area contributed by atoms with Crippen molar-refractivity contribution in [2.75, 3.05) is 0 Å². The van der Waals surface area contributed by atoms with Gasteiger partial charge in [-0.2, -0.15) is 0 Å². The summed E-state index contributed by atoms with van der Waals surface area (Å²) in [5.74, 6) is 0. The summed E-state index contributed by atoms with van der Waals surface area (Å²) in [5.41, 5.74) is 3.00. The largest absolute Gasteiger partial charge is 0.292 e. The van der Waals surface area contributed by atoms with Crippen LogP contribution >= 0.6 is 22.7 Å². The molecule has 0 bridgehead atoms. The van der Waals surface area contributed by atoms with E-state index in [1.807, 2.05) is 55.5 Å². The van der Waals surface area contributed by atoms with Crippen molar-refractivity contribution in [3.05, 3.63) is 81.2 Å². The van der Waals surface area contributed by atoms with Gasteiger partial charge in [0.1, 0.15) is 9.84 Å². The molecule has 5 aromatic rings. The number of para-hydroxylation sites is 1. The number of hydrogen-bond donors (Lipinski definition) is 0. The van der Waals surface area contributed by atoms with E-state index in [2.05, 4.69) is 16.0 Å². The molecule has 0 spiro atoms. The highest BCUT2D eigenvalue weighted by Crippen LogP contribution is 2.35. The lowest BCUT2D eigenvalue weighted by atomic mass is 10.0. The van der Waals surface area contributed by atoms with Gasteiger partial charge in [0.15, 0.2) is 0 Å². The molecule has 0 aliphatic heterocycles. The molecule has 0 atom stereocenters. The maximum Gasteiger partial charge on any atom is 0.263 e. The number of benzene rings is 2. The zero-order valence-corrected chi connectivity index (χ0v) is 16.2. The summed E-state index contributed by atoms with van der Waals surface area (Å²) in [6, 6.07) is 18.1. The van der Waals surface area contributed by atoms with Crippen LogP contribution in [-0.4, -0.2) is 14.5 Å². The fourth-order valence-electron chi connectivity index (χ4n) is 3.34. The van der Waals surface area contributed by atoms with Gasteiger partial charge in [-0.15, -0.1) is 22.7 Å². The van der Waals surface area contributed by atoms with Crippen molar-refractivity contribution in [1.29, 1.82) is 0 Å². The normalized spacial score (nSPS) is 11.4. The Morgan fingerprint density at radius 1 is 1.00 bits per heavy atom. The molecular formula is C21H15N3OS2. The standard InChI is InChI=1S/C21H15N3OS2/c1-13-18(14-7-3-2-4-8-14)19-20(26-13)22-12-24(21(19)25)11-17-23-15-9-5-6-10-16(15)27-17/h2-10,12H,11H2,1H3. The van der Waals surface area contributed by atoms with E-state index in [-0.39, 0.29) is 5.56 Å². The van der Waals surface area contributed by atoms with Crippen LogP contribution in [0.4, 0.5) is 0 Å². The topological polar surface area (TPSA) is 47.8 Å². The Bertz CT molecular complexity index is 1300. The van der Waals surface area contributed by atoms with Crippen LogP contribution in [0.5, 0.6) is 0 Å². The molecule has 4 nitrogen and oxygen atoms in total. The smallest absolute Gasteiger partial charge is 0.263 e. The van der Waals surface area contributed by atoms with E-state index in [4.69, 9.17) is 0 Å². The third kappa shape index (κ3) is 2.78. The van der Waals surface area contributed by atoms with Crippen LogP contribution in [0, 0.1) is 6.92 Å². The van der Waals surface area contributed by atoms with E-state index in [1.165, 1.54) is 0 Å². The number of thiophene rings is 1. The Labute approximate surface area is 163 Å². The van der Waals surface area contributed by atoms with Crippen LogP contribution in [-0.2, 0) is 6.54 Å². The second-order valence-electron chi connectivity index (χ2n) is 6.33. The minimum Gasteiger partial charge on any atom is -0.292 e. The molecule has 0 radical (unpaired) electrons. The number of fused-ring (bicyclic) bond motifs is 2. The first-order valence-corrected chi connectivity index (χ1v) is 10.2. The molecule has 0 aliphatic carbocycles. The van der Waals surface area contributed by atoms with E-state index in [0.29, 0.717) is 11.9 Å². The highest BCUT2D eigenvalue weighted by atomic mass is 32.1. The predicted molar refractivity (Wildman–Crippen MR) is 113 cm³/mol. The van der Waals surface area contributed by atoms with Gasteiger partial charge in [-0.3, -0.25) is 9.36 Å². The van der Waals surface area contributed by atoms with Gasteiger partial charge < -0.3 is 0 Å². The summed E-state index contributed by atoms with van der Waals surface area (Å²) in [7, 11) is 0. The van der Waals surface area contributed by atoms with Gasteiger partial charge in [-0.05, 0) is 24.6 Å². The van der Waals surface area contributed by atoms with E-state index in [0.717, 1.165) is 36.1 Å². The summed E-state index contributed by atoms with van der Waals surface area (Å²) < 4.78 is 2.80. The molecule has 5 rings (SSSR count). The van der Waals surface area contributed by atoms with Gasteiger partial charge in [0.05, 0.1) is 28.5 Å². The second kappa shape index (κ2) is 6.40. The van der Waals surface area contributed by atoms with Gasteiger partial charge in [-0.1, -0.05) is 42.5 Å². The van der Waals surface area contributed by atoms with E-state index >= 15 is 0 Å². The summed E-state index contributed by atoms with van der Waals surface area (Å²) in [4.78, 5) is 24.4. The fourth-order valence-corrected chi connectivity index (χ4v) is 5.31. The Balaban J connectivity index is 1.66. The van der Waals surface area contributed by atoms with Crippen molar-refractivity contribution in [3.8, 4) is 11.1 Å². The Kier molecular flexibility index (Phi) is 3.88. The SMILES string of the molecule is Cc1sc2ncn(Cc3nc4ccccc4s3)c(=O)c2c1-c1ccccc1. The highest BCUT2D eigenvalue weighted by molar-refractivity contribution is 7.19. The summed E-state index contributed by atoms with van der Waals surface area (Å²) in [6.07, 6.45) is 1.64. The molecule has 6 heteroatoms. The molecule has 27 heavy (non-hydrogen) atoms. The Morgan fingerprint density at radius 2 is 1.78 bits per heavy atom. The van der Waals surface area contributed by atoms with Gasteiger partial charge in [0.2, 0.25) is 0 Å². The molecule has 0 saturated heterocycles. The van der Waals surface area contributed by atoms with Gasteiger partial charge in [0.25, 0.3) is 5.56 Å². The zero-order chi connectivity index (χ0) is 18.4. The van der Waals surface area contributed by atoms with Crippen LogP contribution in [0.3, 0.4) is 0 Å². The van der Waals surface area contributed by atoms with Gasteiger partial charge >= 0.3 is 0 Å². The van der Waals surface area contributed by atoms with Crippen molar-refractivity contribution in [2.24, 2.45) is 0 Å². The van der Waals surface area contributed by atoms with Crippen molar-refractivity contribution in [3.63, 3.8) is 0 Å². The first-order valence-electron chi connectivity index (χ1n) is 8.59. The van der Waals surface area contributed by atoms with Gasteiger partial charge in [-0.25, -0.2) is 9.97 Å². The third-order valence-electron chi connectivity index (χ3n) is 4.56. The third-order valence-corrected chi connectivity index (χ3v) is 6.60. The van der Waals surface area contributed by atoms with E-state index in [1.54, 1.807) is 33.6 Å². The van der Waals surface area contributed by atoms with Crippen LogP contribution in [0.15, 0.2) is 65.7 Å². The molecule has 0 N–H and O–H groups in total. The molecule has 3 heterocycles. The van der Waals surface area contributed by atoms with E-state index in [9.17, 15) is 4.79 Å². The lowest BCUT2D eigenvalue weighted by Crippen LogP contribution is -2.20. The summed E-state index contributed by atoms with van der Waals surface area (Å²) in [5, 5.41) is 1.61. The molecule has 132 valence electrons. The quantitative estimate of drug-likeness (QED) is 0.432. The molecule has 0 saturated carbocycles. The van der Waals surface area contributed by atoms with E-state index < -0.39 is 0 Å². The first kappa shape index (κ1) is 16.4. The zero-order valence-electron chi connectivity index (χ0n) is 14.5. The van der Waals surface area contributed by atoms with Crippen molar-refractivity contribution in [2.45, 2.75) is 13.5 Å². The highest BCUT2D eigenvalue weighted by Gasteiger charge is 2.17. The minimum absolute atomic E-state index is 0.0116. The Morgan fingerprint density at radius 3 is 2.59 bits per heavy atom. The van der Waals surface area contributed by atoms with Gasteiger partial charge in [0, 0.05) is 10.4 Å². The molecule has 0 aliphatic rings. The van der Waals surface area contributed by atoms with Crippen molar-refractivity contribution in [1.82, 2.24) is 14.5 Å². The lowest BCUT2D eigenvalue weighted by Gasteiger charge is -2.05. The maximum absolute atomic E-state index is 13.3. The number of thiazole rings is 1. The second-order valence-corrected chi connectivity index (χ2v) is 8.65. The average molecular weight is 390 g/mol. The van der Waals surface area contributed by atoms with Crippen molar-refractivity contribution < 1.29 is 0 Å². The van der Waals surface area contributed by atoms with Crippen LogP contribution in [0.25, 0.3) is 31.6 Å². The van der Waals surface area contributed by atoms with Crippen LogP contribution < -0.4 is 5.56 Å². The first-order chi connectivity index (χ1) is 13.2. The van der Waals surface area contributed by atoms with Crippen LogP contribution in [0.1, 0.15) is 9.88 Å². The van der Waals surface area contributed by atoms with Crippen LogP contribution in [0.2, 0.25) is 0 Å². The number of aromatic nitrogens is 3. The van der Waals surface area contributed by atoms with Crippen molar-refractivity contribution >= 4 is 43.1 Å². The number of nitrogens with zero attached hydrogens (tertiary/aromatic N) is 3. The number of rotatable bonds is 3. The summed E-state index contributed by atoms with van der Waals surface area (Å²) >= 11 is 3.19. The predicted octanol–water partition coefficient (Wildman–Crippen LogP) is 5.09. The Hall–Kier alpha value is -2.83. The fraction of sp³-hybridized carbons (Fsp3) is 0.0952. The molecule has 2 aromatic carbocycles. The molecular weight excluding hydrogens is 374 g/mol. The molecule has 0 fully saturated rings. The monoisotopic (exact) mass is 389 g/mol. The maximum atomic E-state index is 13.3. The minimum atomic E-state index is -0.0116. The molecule has 3 aromatic heterocycles. The number of aryl methyl sites for hydroxylation is 1. The summed E-state index contributed by atoms with van der Waals surface area (Å²) in [6.45, 7) is 2.48. The lowest BCUT2D eigenvalue weighted by molar-refractivity contribution is 0.746.